The van der Waals surface area contributed by atoms with Crippen LogP contribution in [0.15, 0.2) is 24.3 Å². The number of amides is 2. The second-order valence-electron chi connectivity index (χ2n) is 5.54. The van der Waals surface area contributed by atoms with Gasteiger partial charge in [-0.05, 0) is 24.6 Å². The fourth-order valence-corrected chi connectivity index (χ4v) is 2.75. The number of rotatable bonds is 3. The zero-order chi connectivity index (χ0) is 19.0. The molecular formula is C15H15F3N2O5. The predicted octanol–water partition coefficient (Wildman–Crippen LogP) is 1.28. The van der Waals surface area contributed by atoms with E-state index in [0.29, 0.717) is 0 Å². The van der Waals surface area contributed by atoms with Crippen LogP contribution in [0, 0.1) is 5.92 Å². The summed E-state index contributed by atoms with van der Waals surface area (Å²) in [4.78, 5) is 34.9. The molecule has 2 amide bonds. The second kappa shape index (κ2) is 6.36. The standard InChI is InChI=1S/C15H15F3N2O5/c1-7(21)10-11(8-3-5-9(6-4-8)12(22)25-2)19-13(23)20-14(10,24)15(16,17)18/h3-6,10-11,24H,1-2H3,(H2,19,20,23)/t10-,11+,14-/m1/s1. The van der Waals surface area contributed by atoms with Gasteiger partial charge >= 0.3 is 18.2 Å². The molecule has 0 unspecified atom stereocenters. The van der Waals surface area contributed by atoms with E-state index in [-0.39, 0.29) is 11.1 Å². The first-order valence-corrected chi connectivity index (χ1v) is 7.07. The molecule has 0 bridgehead atoms. The molecule has 1 aliphatic rings. The number of esters is 1. The number of ketones is 1. The number of nitrogens with one attached hydrogen (secondary N) is 2. The van der Waals surface area contributed by atoms with Gasteiger partial charge in [0.05, 0.1) is 24.6 Å². The minimum absolute atomic E-state index is 0.116. The van der Waals surface area contributed by atoms with Crippen molar-refractivity contribution in [2.75, 3.05) is 7.11 Å². The fourth-order valence-electron chi connectivity index (χ4n) is 2.75. The van der Waals surface area contributed by atoms with Crippen LogP contribution in [0.3, 0.4) is 0 Å². The number of urea groups is 1. The van der Waals surface area contributed by atoms with Crippen molar-refractivity contribution in [2.24, 2.45) is 5.92 Å². The Morgan fingerprint density at radius 1 is 1.24 bits per heavy atom. The van der Waals surface area contributed by atoms with E-state index >= 15 is 0 Å². The van der Waals surface area contributed by atoms with E-state index in [9.17, 15) is 32.7 Å². The van der Waals surface area contributed by atoms with Gasteiger partial charge in [0.15, 0.2) is 0 Å². The number of benzene rings is 1. The first-order valence-electron chi connectivity index (χ1n) is 7.07. The quantitative estimate of drug-likeness (QED) is 0.705. The van der Waals surface area contributed by atoms with E-state index in [1.54, 1.807) is 0 Å². The van der Waals surface area contributed by atoms with Gasteiger partial charge in [-0.1, -0.05) is 12.1 Å². The van der Waals surface area contributed by atoms with E-state index < -0.39 is 41.6 Å². The van der Waals surface area contributed by atoms with Crippen molar-refractivity contribution in [1.82, 2.24) is 10.6 Å². The molecule has 25 heavy (non-hydrogen) atoms. The number of hydrogen-bond acceptors (Lipinski definition) is 5. The third-order valence-electron chi connectivity index (χ3n) is 3.94. The van der Waals surface area contributed by atoms with Crippen LogP contribution in [-0.2, 0) is 9.53 Å². The van der Waals surface area contributed by atoms with Gasteiger partial charge in [0.25, 0.3) is 0 Å². The number of carbonyl (C=O) groups is 3. The van der Waals surface area contributed by atoms with E-state index in [0.717, 1.165) is 6.92 Å². The van der Waals surface area contributed by atoms with Gasteiger partial charge in [-0.25, -0.2) is 9.59 Å². The molecule has 136 valence electrons. The molecule has 1 aliphatic heterocycles. The lowest BCUT2D eigenvalue weighted by Crippen LogP contribution is -2.72. The molecule has 7 nitrogen and oxygen atoms in total. The first kappa shape index (κ1) is 18.7. The maximum Gasteiger partial charge on any atom is 0.437 e. The summed E-state index contributed by atoms with van der Waals surface area (Å²) in [6.07, 6.45) is -5.27. The molecule has 1 aromatic rings. The third-order valence-corrected chi connectivity index (χ3v) is 3.94. The summed E-state index contributed by atoms with van der Waals surface area (Å²) in [6, 6.07) is 2.38. The zero-order valence-corrected chi connectivity index (χ0v) is 13.2. The van der Waals surface area contributed by atoms with Crippen LogP contribution in [0.5, 0.6) is 0 Å². The zero-order valence-electron chi connectivity index (χ0n) is 13.2. The Kier molecular flexibility index (Phi) is 4.76. The lowest BCUT2D eigenvalue weighted by Gasteiger charge is -2.44. The van der Waals surface area contributed by atoms with Crippen molar-refractivity contribution < 1.29 is 37.4 Å². The highest BCUT2D eigenvalue weighted by Gasteiger charge is 2.65. The highest BCUT2D eigenvalue weighted by atomic mass is 19.4. The van der Waals surface area contributed by atoms with Crippen molar-refractivity contribution >= 4 is 17.8 Å². The Morgan fingerprint density at radius 2 is 1.80 bits per heavy atom. The molecule has 10 heteroatoms. The Balaban J connectivity index is 2.48. The van der Waals surface area contributed by atoms with Crippen LogP contribution in [0.2, 0.25) is 0 Å². The number of aliphatic hydroxyl groups is 1. The van der Waals surface area contributed by atoms with Crippen LogP contribution in [0.1, 0.15) is 28.9 Å². The molecule has 3 N–H and O–H groups in total. The van der Waals surface area contributed by atoms with Gasteiger partial charge < -0.3 is 20.5 Å². The maximum atomic E-state index is 13.3. The summed E-state index contributed by atoms with van der Waals surface area (Å²) in [5.74, 6) is -3.65. The number of halogens is 3. The Labute approximate surface area is 140 Å². The molecule has 0 aliphatic carbocycles. The monoisotopic (exact) mass is 360 g/mol. The largest absolute Gasteiger partial charge is 0.465 e. The van der Waals surface area contributed by atoms with Crippen molar-refractivity contribution in [2.45, 2.75) is 24.9 Å². The lowest BCUT2D eigenvalue weighted by molar-refractivity contribution is -0.290. The maximum absolute atomic E-state index is 13.3. The smallest absolute Gasteiger partial charge is 0.437 e. The Bertz CT molecular complexity index is 704. The highest BCUT2D eigenvalue weighted by molar-refractivity contribution is 5.89. The third kappa shape index (κ3) is 3.29. The topological polar surface area (TPSA) is 105 Å². The van der Waals surface area contributed by atoms with Crippen LogP contribution in [0.4, 0.5) is 18.0 Å². The van der Waals surface area contributed by atoms with Crippen LogP contribution >= 0.6 is 0 Å². The van der Waals surface area contributed by atoms with Gasteiger partial charge in [0.1, 0.15) is 5.78 Å². The Hall–Kier alpha value is -2.62. The molecule has 0 aromatic heterocycles. The molecule has 0 saturated carbocycles. The minimum Gasteiger partial charge on any atom is -0.465 e. The molecule has 1 heterocycles. The summed E-state index contributed by atoms with van der Waals surface area (Å²) in [5.41, 5.74) is -3.46. The number of alkyl halides is 3. The Morgan fingerprint density at radius 3 is 2.24 bits per heavy atom. The van der Waals surface area contributed by atoms with Gasteiger partial charge in [-0.15, -0.1) is 0 Å². The molecule has 0 spiro atoms. The number of methoxy groups -OCH3 is 1. The first-order chi connectivity index (χ1) is 11.5. The average molecular weight is 360 g/mol. The molecule has 1 aromatic carbocycles. The molecule has 1 saturated heterocycles. The van der Waals surface area contributed by atoms with Crippen molar-refractivity contribution in [1.29, 1.82) is 0 Å². The molecule has 2 rings (SSSR count). The summed E-state index contributed by atoms with van der Waals surface area (Å²) < 4.78 is 44.4. The van der Waals surface area contributed by atoms with Gasteiger partial charge in [-0.3, -0.25) is 4.79 Å². The molecule has 3 atom stereocenters. The van der Waals surface area contributed by atoms with E-state index in [1.165, 1.54) is 36.7 Å². The van der Waals surface area contributed by atoms with Gasteiger partial charge in [0.2, 0.25) is 5.72 Å². The highest BCUT2D eigenvalue weighted by Crippen LogP contribution is 2.42. The summed E-state index contributed by atoms with van der Waals surface area (Å²) in [7, 11) is 1.17. The van der Waals surface area contributed by atoms with Crippen LogP contribution < -0.4 is 10.6 Å². The fraction of sp³-hybridized carbons (Fsp3) is 0.400. The number of hydrogen-bond donors (Lipinski definition) is 3. The van der Waals surface area contributed by atoms with Crippen LogP contribution in [0.25, 0.3) is 0 Å². The molecule has 1 fully saturated rings. The lowest BCUT2D eigenvalue weighted by atomic mass is 9.79. The second-order valence-corrected chi connectivity index (χ2v) is 5.54. The number of ether oxygens (including phenoxy) is 1. The average Bonchev–Trinajstić information content (AvgIpc) is 2.52. The number of carbonyl (C=O) groups excluding carboxylic acids is 3. The van der Waals surface area contributed by atoms with Crippen molar-refractivity contribution in [3.05, 3.63) is 35.4 Å². The minimum atomic E-state index is -5.27. The molecule has 0 radical (unpaired) electrons. The van der Waals surface area contributed by atoms with Gasteiger partial charge in [-0.2, -0.15) is 13.2 Å². The summed E-state index contributed by atoms with van der Waals surface area (Å²) >= 11 is 0. The van der Waals surface area contributed by atoms with E-state index in [1.807, 2.05) is 0 Å². The molecular weight excluding hydrogens is 345 g/mol. The van der Waals surface area contributed by atoms with Crippen LogP contribution in [-0.4, -0.2) is 41.9 Å². The SMILES string of the molecule is COC(=O)c1ccc([C@@H]2NC(=O)N[C@](O)(C(F)(F)F)[C@@H]2C(C)=O)cc1. The summed E-state index contributed by atoms with van der Waals surface area (Å²) in [5, 5.41) is 13.6. The van der Waals surface area contributed by atoms with Crippen molar-refractivity contribution in [3.63, 3.8) is 0 Å². The summed E-state index contributed by atoms with van der Waals surface area (Å²) in [6.45, 7) is 0.885. The normalized spacial score (nSPS) is 26.4. The van der Waals surface area contributed by atoms with Gasteiger partial charge in [0, 0.05) is 0 Å². The number of Topliss-reactive ketones (excluding diaryl/α,β-unsaturated/α-hetero) is 1. The van der Waals surface area contributed by atoms with Crippen molar-refractivity contribution in [3.8, 4) is 0 Å². The van der Waals surface area contributed by atoms with E-state index in [2.05, 4.69) is 10.1 Å². The predicted molar refractivity (Wildman–Crippen MR) is 77.4 cm³/mol. The van der Waals surface area contributed by atoms with E-state index in [4.69, 9.17) is 0 Å².